The molecule has 2 amide bonds. The van der Waals surface area contributed by atoms with Gasteiger partial charge in [-0.3, -0.25) is 9.59 Å². The summed E-state index contributed by atoms with van der Waals surface area (Å²) in [7, 11) is 0. The second-order valence-corrected chi connectivity index (χ2v) is 8.70. The highest BCUT2D eigenvalue weighted by molar-refractivity contribution is 8.04. The summed E-state index contributed by atoms with van der Waals surface area (Å²) in [4.78, 5) is 28.6. The summed E-state index contributed by atoms with van der Waals surface area (Å²) in [5.74, 6) is -1.61. The molecule has 0 atom stereocenters. The fourth-order valence-corrected chi connectivity index (χ4v) is 4.40. The van der Waals surface area contributed by atoms with Crippen molar-refractivity contribution in [2.45, 2.75) is 11.8 Å². The minimum Gasteiger partial charge on any atom is -0.348 e. The van der Waals surface area contributed by atoms with E-state index in [-0.39, 0.29) is 16.3 Å². The van der Waals surface area contributed by atoms with Gasteiger partial charge in [-0.1, -0.05) is 47.1 Å². The van der Waals surface area contributed by atoms with E-state index in [2.05, 4.69) is 5.32 Å². The van der Waals surface area contributed by atoms with Gasteiger partial charge in [0.2, 0.25) is 0 Å². The van der Waals surface area contributed by atoms with Crippen LogP contribution in [-0.2, 0) is 9.59 Å². The van der Waals surface area contributed by atoms with Crippen LogP contribution < -0.4 is 10.2 Å². The molecule has 31 heavy (non-hydrogen) atoms. The Morgan fingerprint density at radius 1 is 0.903 bits per heavy atom. The molecule has 0 spiro atoms. The van der Waals surface area contributed by atoms with Crippen molar-refractivity contribution in [2.24, 2.45) is 0 Å². The number of imide groups is 1. The van der Waals surface area contributed by atoms with Gasteiger partial charge in [0.1, 0.15) is 16.4 Å². The number of hydrogen-bond donors (Lipinski definition) is 1. The van der Waals surface area contributed by atoms with E-state index in [0.29, 0.717) is 26.2 Å². The molecule has 1 heterocycles. The summed E-state index contributed by atoms with van der Waals surface area (Å²) in [6.07, 6.45) is 0. The standard InChI is InChI=1S/C23H15Cl2FN2O2S/c1-13-12-15(25)8-11-19(13)28-22(29)20(27-18-5-3-2-4-17(18)26)21(23(28)30)31-16-9-6-14(24)7-10-16/h2-12,27H,1H3. The number of anilines is 2. The molecule has 0 aliphatic carbocycles. The minimum atomic E-state index is -0.574. The summed E-state index contributed by atoms with van der Waals surface area (Å²) in [5, 5.41) is 3.87. The Morgan fingerprint density at radius 2 is 1.58 bits per heavy atom. The Bertz CT molecular complexity index is 1230. The summed E-state index contributed by atoms with van der Waals surface area (Å²) < 4.78 is 14.3. The molecule has 0 radical (unpaired) electrons. The molecule has 0 saturated carbocycles. The van der Waals surface area contributed by atoms with Crippen molar-refractivity contribution in [1.82, 2.24) is 0 Å². The van der Waals surface area contributed by atoms with Gasteiger partial charge in [-0.2, -0.15) is 0 Å². The Labute approximate surface area is 192 Å². The van der Waals surface area contributed by atoms with Crippen LogP contribution in [0, 0.1) is 12.7 Å². The lowest BCUT2D eigenvalue weighted by Crippen LogP contribution is -2.33. The van der Waals surface area contributed by atoms with Crippen molar-refractivity contribution >= 4 is 58.2 Å². The summed E-state index contributed by atoms with van der Waals surface area (Å²) in [6, 6.07) is 17.7. The number of thioether (sulfide) groups is 1. The van der Waals surface area contributed by atoms with E-state index >= 15 is 0 Å². The molecule has 0 fully saturated rings. The number of aryl methyl sites for hydroxylation is 1. The van der Waals surface area contributed by atoms with Crippen molar-refractivity contribution in [3.05, 3.63) is 98.8 Å². The number of nitrogens with zero attached hydrogens (tertiary/aromatic N) is 1. The molecule has 1 aliphatic heterocycles. The fraction of sp³-hybridized carbons (Fsp3) is 0.0435. The summed E-state index contributed by atoms with van der Waals surface area (Å²) in [6.45, 7) is 1.76. The molecule has 0 unspecified atom stereocenters. The van der Waals surface area contributed by atoms with E-state index in [0.717, 1.165) is 16.7 Å². The average molecular weight is 473 g/mol. The molecule has 1 aliphatic rings. The van der Waals surface area contributed by atoms with Gasteiger partial charge in [0.25, 0.3) is 11.8 Å². The van der Waals surface area contributed by atoms with Gasteiger partial charge in [-0.25, -0.2) is 9.29 Å². The first kappa shape index (κ1) is 21.4. The molecule has 3 aromatic carbocycles. The number of benzene rings is 3. The Morgan fingerprint density at radius 3 is 2.26 bits per heavy atom. The van der Waals surface area contributed by atoms with E-state index < -0.39 is 17.6 Å². The third-order valence-corrected chi connectivity index (χ3v) is 6.19. The van der Waals surface area contributed by atoms with Gasteiger partial charge in [-0.15, -0.1) is 0 Å². The SMILES string of the molecule is Cc1cc(Cl)ccc1N1C(=O)C(Nc2ccccc2F)=C(Sc2ccc(Cl)cc2)C1=O. The smallest absolute Gasteiger partial charge is 0.283 e. The largest absolute Gasteiger partial charge is 0.348 e. The van der Waals surface area contributed by atoms with Crippen LogP contribution in [0.4, 0.5) is 15.8 Å². The molecular weight excluding hydrogens is 458 g/mol. The van der Waals surface area contributed by atoms with Crippen molar-refractivity contribution < 1.29 is 14.0 Å². The number of amides is 2. The number of halogens is 3. The second kappa shape index (κ2) is 8.75. The highest BCUT2D eigenvalue weighted by Crippen LogP contribution is 2.39. The first-order chi connectivity index (χ1) is 14.8. The number of carbonyl (C=O) groups is 2. The molecule has 0 aromatic heterocycles. The van der Waals surface area contributed by atoms with Crippen molar-refractivity contribution in [1.29, 1.82) is 0 Å². The minimum absolute atomic E-state index is 0.00407. The monoisotopic (exact) mass is 472 g/mol. The number of rotatable bonds is 5. The van der Waals surface area contributed by atoms with Crippen LogP contribution in [0.5, 0.6) is 0 Å². The molecule has 4 nitrogen and oxygen atoms in total. The Balaban J connectivity index is 1.78. The van der Waals surface area contributed by atoms with Gasteiger partial charge in [-0.05, 0) is 67.1 Å². The number of carbonyl (C=O) groups excluding carboxylic acids is 2. The molecule has 1 N–H and O–H groups in total. The van der Waals surface area contributed by atoms with Gasteiger partial charge >= 0.3 is 0 Å². The zero-order valence-electron chi connectivity index (χ0n) is 16.2. The molecule has 8 heteroatoms. The van der Waals surface area contributed by atoms with E-state index in [1.54, 1.807) is 61.5 Å². The lowest BCUT2D eigenvalue weighted by atomic mass is 10.2. The third-order valence-electron chi connectivity index (χ3n) is 4.61. The zero-order chi connectivity index (χ0) is 22.1. The van der Waals surface area contributed by atoms with Crippen LogP contribution in [0.2, 0.25) is 10.0 Å². The molecule has 3 aromatic rings. The quantitative estimate of drug-likeness (QED) is 0.434. The molecule has 0 bridgehead atoms. The lowest BCUT2D eigenvalue weighted by Gasteiger charge is -2.18. The Hall–Kier alpha value is -2.80. The normalized spacial score (nSPS) is 13.9. The van der Waals surface area contributed by atoms with Gasteiger partial charge < -0.3 is 5.32 Å². The average Bonchev–Trinajstić information content (AvgIpc) is 2.96. The molecule has 156 valence electrons. The van der Waals surface area contributed by atoms with Gasteiger partial charge in [0.05, 0.1) is 11.4 Å². The van der Waals surface area contributed by atoms with Crippen molar-refractivity contribution in [3.63, 3.8) is 0 Å². The highest BCUT2D eigenvalue weighted by atomic mass is 35.5. The van der Waals surface area contributed by atoms with E-state index in [4.69, 9.17) is 23.2 Å². The fourth-order valence-electron chi connectivity index (χ4n) is 3.12. The first-order valence-corrected chi connectivity index (χ1v) is 10.8. The number of nitrogens with one attached hydrogen (secondary N) is 1. The maximum absolute atomic E-state index is 14.3. The molecule has 4 rings (SSSR count). The molecular formula is C23H15Cl2FN2O2S. The van der Waals surface area contributed by atoms with Crippen LogP contribution in [0.15, 0.2) is 82.2 Å². The van der Waals surface area contributed by atoms with Crippen LogP contribution >= 0.6 is 35.0 Å². The van der Waals surface area contributed by atoms with E-state index in [1.165, 1.54) is 12.1 Å². The van der Waals surface area contributed by atoms with Gasteiger partial charge in [0, 0.05) is 14.9 Å². The summed E-state index contributed by atoms with van der Waals surface area (Å²) >= 11 is 13.1. The van der Waals surface area contributed by atoms with Crippen LogP contribution in [0.25, 0.3) is 0 Å². The first-order valence-electron chi connectivity index (χ1n) is 9.19. The van der Waals surface area contributed by atoms with E-state index in [1.807, 2.05) is 0 Å². The summed E-state index contributed by atoms with van der Waals surface area (Å²) in [5.41, 5.74) is 1.18. The lowest BCUT2D eigenvalue weighted by molar-refractivity contribution is -0.120. The maximum Gasteiger partial charge on any atom is 0.283 e. The predicted octanol–water partition coefficient (Wildman–Crippen LogP) is 6.43. The number of para-hydroxylation sites is 1. The molecule has 0 saturated heterocycles. The predicted molar refractivity (Wildman–Crippen MR) is 123 cm³/mol. The van der Waals surface area contributed by atoms with Crippen LogP contribution in [0.3, 0.4) is 0 Å². The van der Waals surface area contributed by atoms with Crippen LogP contribution in [-0.4, -0.2) is 11.8 Å². The van der Waals surface area contributed by atoms with Gasteiger partial charge in [0.15, 0.2) is 0 Å². The zero-order valence-corrected chi connectivity index (χ0v) is 18.5. The number of hydrogen-bond acceptors (Lipinski definition) is 4. The maximum atomic E-state index is 14.3. The highest BCUT2D eigenvalue weighted by Gasteiger charge is 2.41. The topological polar surface area (TPSA) is 49.4 Å². The van der Waals surface area contributed by atoms with E-state index in [9.17, 15) is 14.0 Å². The second-order valence-electron chi connectivity index (χ2n) is 6.74. The van der Waals surface area contributed by atoms with Crippen molar-refractivity contribution in [3.8, 4) is 0 Å². The third kappa shape index (κ3) is 4.32. The van der Waals surface area contributed by atoms with Crippen molar-refractivity contribution in [2.75, 3.05) is 10.2 Å². The Kier molecular flexibility index (Phi) is 6.05. The van der Waals surface area contributed by atoms with Crippen LogP contribution in [0.1, 0.15) is 5.56 Å².